The summed E-state index contributed by atoms with van der Waals surface area (Å²) in [6.07, 6.45) is -1.43. The highest BCUT2D eigenvalue weighted by molar-refractivity contribution is 6.33. The molecule has 0 saturated carbocycles. The summed E-state index contributed by atoms with van der Waals surface area (Å²) in [7, 11) is 0. The summed E-state index contributed by atoms with van der Waals surface area (Å²) in [5.41, 5.74) is 2.12. The number of nitrogens with zero attached hydrogens (tertiary/aromatic N) is 2. The maximum atomic E-state index is 12.9. The summed E-state index contributed by atoms with van der Waals surface area (Å²) in [4.78, 5) is 6.85. The van der Waals surface area contributed by atoms with Crippen LogP contribution in [0.2, 0.25) is 5.02 Å². The van der Waals surface area contributed by atoms with Crippen molar-refractivity contribution in [3.05, 3.63) is 40.9 Å². The van der Waals surface area contributed by atoms with E-state index in [9.17, 15) is 8.78 Å². The molecule has 2 bridgehead atoms. The van der Waals surface area contributed by atoms with Gasteiger partial charge in [0.25, 0.3) is 6.43 Å². The molecule has 0 aliphatic carbocycles. The number of pyridine rings is 1. The smallest absolute Gasteiger partial charge is 0.263 e. The standard InChI is InChI=1S/C16H14ClF2N3/c17-12-7-13-16(20-11-4-5-22(13)8-11)21-14(12)9-2-1-3-10(6-9)15(18)19/h1-3,6-7,11,15H,4-5,8H2,(H,20,21). The molecule has 2 aliphatic heterocycles. The van der Waals surface area contributed by atoms with Crippen molar-refractivity contribution in [1.82, 2.24) is 4.98 Å². The number of rotatable bonds is 2. The Balaban J connectivity index is 1.80. The van der Waals surface area contributed by atoms with Crippen molar-refractivity contribution in [3.63, 3.8) is 0 Å². The largest absolute Gasteiger partial charge is 0.366 e. The summed E-state index contributed by atoms with van der Waals surface area (Å²) in [5.74, 6) is 0.788. The Bertz CT molecular complexity index is 735. The zero-order chi connectivity index (χ0) is 15.3. The Morgan fingerprint density at radius 1 is 1.32 bits per heavy atom. The molecule has 1 atom stereocenters. The van der Waals surface area contributed by atoms with E-state index >= 15 is 0 Å². The van der Waals surface area contributed by atoms with Gasteiger partial charge in [-0.15, -0.1) is 0 Å². The van der Waals surface area contributed by atoms with Gasteiger partial charge < -0.3 is 10.2 Å². The number of benzene rings is 1. The van der Waals surface area contributed by atoms with Crippen molar-refractivity contribution in [1.29, 1.82) is 0 Å². The normalized spacial score (nSPS) is 19.3. The summed E-state index contributed by atoms with van der Waals surface area (Å²) >= 11 is 6.36. The molecule has 3 nitrogen and oxygen atoms in total. The highest BCUT2D eigenvalue weighted by Crippen LogP contribution is 2.40. The van der Waals surface area contributed by atoms with Gasteiger partial charge in [0.15, 0.2) is 5.82 Å². The third-order valence-corrected chi connectivity index (χ3v) is 4.53. The monoisotopic (exact) mass is 321 g/mol. The van der Waals surface area contributed by atoms with E-state index in [1.165, 1.54) is 12.1 Å². The molecule has 3 heterocycles. The van der Waals surface area contributed by atoms with E-state index < -0.39 is 6.43 Å². The van der Waals surface area contributed by atoms with Crippen LogP contribution in [0.1, 0.15) is 18.4 Å². The quantitative estimate of drug-likeness (QED) is 0.891. The van der Waals surface area contributed by atoms with Crippen molar-refractivity contribution >= 4 is 23.1 Å². The highest BCUT2D eigenvalue weighted by atomic mass is 35.5. The lowest BCUT2D eigenvalue weighted by atomic mass is 10.1. The minimum atomic E-state index is -2.50. The van der Waals surface area contributed by atoms with Crippen LogP contribution >= 0.6 is 11.6 Å². The SMILES string of the molecule is FC(F)c1cccc(-c2nc3c(cc2Cl)N2CCC(C2)N3)c1. The Kier molecular flexibility index (Phi) is 3.18. The van der Waals surface area contributed by atoms with Crippen LogP contribution in [0.25, 0.3) is 11.3 Å². The van der Waals surface area contributed by atoms with Gasteiger partial charge in [0.05, 0.1) is 16.4 Å². The molecule has 1 fully saturated rings. The molecule has 4 rings (SSSR count). The molecule has 0 amide bonds. The van der Waals surface area contributed by atoms with Crippen LogP contribution in [-0.2, 0) is 0 Å². The van der Waals surface area contributed by atoms with E-state index in [-0.39, 0.29) is 5.56 Å². The third-order valence-electron chi connectivity index (χ3n) is 4.24. The lowest BCUT2D eigenvalue weighted by Gasteiger charge is -2.28. The summed E-state index contributed by atoms with van der Waals surface area (Å²) in [6, 6.07) is 8.50. The second-order valence-electron chi connectivity index (χ2n) is 5.69. The van der Waals surface area contributed by atoms with Gasteiger partial charge in [-0.25, -0.2) is 13.8 Å². The molecule has 2 aliphatic rings. The van der Waals surface area contributed by atoms with Crippen LogP contribution < -0.4 is 10.2 Å². The summed E-state index contributed by atoms with van der Waals surface area (Å²) in [5, 5.41) is 3.89. The molecule has 1 aromatic carbocycles. The number of anilines is 2. The Labute approximate surface area is 131 Å². The van der Waals surface area contributed by atoms with Gasteiger partial charge in [-0.2, -0.15) is 0 Å². The molecule has 2 aromatic rings. The van der Waals surface area contributed by atoms with E-state index in [0.717, 1.165) is 31.0 Å². The Morgan fingerprint density at radius 2 is 2.18 bits per heavy atom. The predicted octanol–water partition coefficient (Wildman–Crippen LogP) is 4.34. The van der Waals surface area contributed by atoms with E-state index in [4.69, 9.17) is 11.6 Å². The fourth-order valence-electron chi connectivity index (χ4n) is 3.14. The fraction of sp³-hybridized carbons (Fsp3) is 0.312. The zero-order valence-electron chi connectivity index (χ0n) is 11.7. The third kappa shape index (κ3) is 2.20. The second-order valence-corrected chi connectivity index (χ2v) is 6.10. The lowest BCUT2D eigenvalue weighted by Crippen LogP contribution is -2.32. The molecule has 1 aromatic heterocycles. The maximum absolute atomic E-state index is 12.9. The van der Waals surface area contributed by atoms with Crippen LogP contribution in [0.5, 0.6) is 0 Å². The van der Waals surface area contributed by atoms with Crippen molar-refractivity contribution in [2.24, 2.45) is 0 Å². The average molecular weight is 322 g/mol. The van der Waals surface area contributed by atoms with Gasteiger partial charge in [0.1, 0.15) is 0 Å². The molecule has 0 spiro atoms. The number of fused-ring (bicyclic) bond motifs is 4. The van der Waals surface area contributed by atoms with Gasteiger partial charge in [-0.05, 0) is 18.6 Å². The fourth-order valence-corrected chi connectivity index (χ4v) is 3.40. The van der Waals surface area contributed by atoms with Crippen molar-refractivity contribution < 1.29 is 8.78 Å². The van der Waals surface area contributed by atoms with E-state index in [1.807, 2.05) is 6.07 Å². The van der Waals surface area contributed by atoms with Crippen molar-refractivity contribution in [3.8, 4) is 11.3 Å². The first-order chi connectivity index (χ1) is 10.6. The molecular formula is C16H14ClF2N3. The molecule has 0 radical (unpaired) electrons. The van der Waals surface area contributed by atoms with Gasteiger partial charge in [-0.1, -0.05) is 29.8 Å². The molecule has 1 N–H and O–H groups in total. The molecule has 6 heteroatoms. The van der Waals surface area contributed by atoms with Gasteiger partial charge in [0, 0.05) is 30.3 Å². The summed E-state index contributed by atoms with van der Waals surface area (Å²) < 4.78 is 25.7. The van der Waals surface area contributed by atoms with E-state index in [1.54, 1.807) is 12.1 Å². The topological polar surface area (TPSA) is 28.2 Å². The first-order valence-corrected chi connectivity index (χ1v) is 7.60. The number of hydrogen-bond donors (Lipinski definition) is 1. The van der Waals surface area contributed by atoms with Crippen molar-refractivity contribution in [2.75, 3.05) is 23.3 Å². The van der Waals surface area contributed by atoms with Crippen LogP contribution in [-0.4, -0.2) is 24.1 Å². The molecule has 1 saturated heterocycles. The highest BCUT2D eigenvalue weighted by Gasteiger charge is 2.31. The average Bonchev–Trinajstić information content (AvgIpc) is 2.91. The second kappa shape index (κ2) is 5.09. The van der Waals surface area contributed by atoms with E-state index in [2.05, 4.69) is 15.2 Å². The van der Waals surface area contributed by atoms with Crippen LogP contribution in [0.4, 0.5) is 20.3 Å². The summed E-state index contributed by atoms with van der Waals surface area (Å²) in [6.45, 7) is 1.95. The zero-order valence-corrected chi connectivity index (χ0v) is 12.4. The number of halogens is 3. The number of aromatic nitrogens is 1. The Hall–Kier alpha value is -1.88. The van der Waals surface area contributed by atoms with Crippen LogP contribution in [0.15, 0.2) is 30.3 Å². The van der Waals surface area contributed by atoms with E-state index in [0.29, 0.717) is 22.3 Å². The minimum absolute atomic E-state index is 0.0233. The van der Waals surface area contributed by atoms with Gasteiger partial charge in [-0.3, -0.25) is 0 Å². The Morgan fingerprint density at radius 3 is 3.00 bits per heavy atom. The molecular weight excluding hydrogens is 308 g/mol. The first kappa shape index (κ1) is 13.8. The molecule has 1 unspecified atom stereocenters. The molecule has 22 heavy (non-hydrogen) atoms. The van der Waals surface area contributed by atoms with Crippen molar-refractivity contribution in [2.45, 2.75) is 18.9 Å². The molecule has 114 valence electrons. The number of hydrogen-bond acceptors (Lipinski definition) is 3. The minimum Gasteiger partial charge on any atom is -0.366 e. The first-order valence-electron chi connectivity index (χ1n) is 7.22. The van der Waals surface area contributed by atoms with Gasteiger partial charge >= 0.3 is 0 Å². The van der Waals surface area contributed by atoms with Crippen LogP contribution in [0.3, 0.4) is 0 Å². The maximum Gasteiger partial charge on any atom is 0.263 e. The van der Waals surface area contributed by atoms with Gasteiger partial charge in [0.2, 0.25) is 0 Å². The predicted molar refractivity (Wildman–Crippen MR) is 83.9 cm³/mol. The van der Waals surface area contributed by atoms with Crippen LogP contribution in [0, 0.1) is 0 Å². The number of nitrogens with one attached hydrogen (secondary N) is 1. The number of alkyl halides is 2. The lowest BCUT2D eigenvalue weighted by molar-refractivity contribution is 0.151.